The molecule has 0 aromatic heterocycles. The van der Waals surface area contributed by atoms with E-state index in [0.29, 0.717) is 12.5 Å². The summed E-state index contributed by atoms with van der Waals surface area (Å²) in [5.41, 5.74) is 5.39. The molecule has 15 heavy (non-hydrogen) atoms. The highest BCUT2D eigenvalue weighted by molar-refractivity contribution is 5.77. The maximum atomic E-state index is 10.2. The fourth-order valence-corrected chi connectivity index (χ4v) is 1.24. The van der Waals surface area contributed by atoms with Crippen LogP contribution in [0.15, 0.2) is 35.3 Å². The highest BCUT2D eigenvalue weighted by Crippen LogP contribution is 2.18. The summed E-state index contributed by atoms with van der Waals surface area (Å²) in [7, 11) is 1.60. The Morgan fingerprint density at radius 1 is 1.47 bits per heavy atom. The molecule has 0 aliphatic heterocycles. The van der Waals surface area contributed by atoms with Gasteiger partial charge in [-0.2, -0.15) is 0 Å². The van der Waals surface area contributed by atoms with Crippen molar-refractivity contribution in [3.63, 3.8) is 0 Å². The van der Waals surface area contributed by atoms with Gasteiger partial charge in [0.2, 0.25) is 0 Å². The molecule has 0 saturated heterocycles. The number of hydrogen-bond acceptors (Lipinski definition) is 2. The molecule has 0 heterocycles. The number of aliphatic imine (C=N–C) groups is 1. The van der Waals surface area contributed by atoms with Crippen LogP contribution in [0.25, 0.3) is 0 Å². The van der Waals surface area contributed by atoms with Crippen LogP contribution in [0.4, 0.5) is 0 Å². The lowest BCUT2D eigenvalue weighted by molar-refractivity contribution is 0.0618. The van der Waals surface area contributed by atoms with Crippen LogP contribution < -0.4 is 11.1 Å². The normalized spacial score (nSPS) is 15.8. The number of rotatable bonds is 3. The highest BCUT2D eigenvalue weighted by atomic mass is 16.3. The number of hydrogen-bond donors (Lipinski definition) is 3. The maximum Gasteiger partial charge on any atom is 0.188 e. The molecular weight excluding hydrogens is 190 g/mol. The van der Waals surface area contributed by atoms with Crippen LogP contribution in [-0.2, 0) is 5.60 Å². The van der Waals surface area contributed by atoms with Crippen molar-refractivity contribution in [1.82, 2.24) is 5.32 Å². The maximum absolute atomic E-state index is 10.2. The van der Waals surface area contributed by atoms with Gasteiger partial charge < -0.3 is 16.2 Å². The van der Waals surface area contributed by atoms with Gasteiger partial charge in [0.05, 0.1) is 6.54 Å². The van der Waals surface area contributed by atoms with E-state index in [1.54, 1.807) is 14.0 Å². The second-order valence-corrected chi connectivity index (χ2v) is 3.60. The fraction of sp³-hybridized carbons (Fsp3) is 0.364. The number of benzene rings is 1. The monoisotopic (exact) mass is 207 g/mol. The van der Waals surface area contributed by atoms with Crippen molar-refractivity contribution < 1.29 is 5.11 Å². The molecule has 0 aliphatic carbocycles. The van der Waals surface area contributed by atoms with E-state index in [4.69, 9.17) is 5.73 Å². The average molecular weight is 207 g/mol. The van der Waals surface area contributed by atoms with Gasteiger partial charge >= 0.3 is 0 Å². The molecule has 0 spiro atoms. The van der Waals surface area contributed by atoms with Crippen LogP contribution in [0, 0.1) is 0 Å². The molecule has 0 radical (unpaired) electrons. The van der Waals surface area contributed by atoms with Gasteiger partial charge in [-0.25, -0.2) is 0 Å². The van der Waals surface area contributed by atoms with Gasteiger partial charge in [0.1, 0.15) is 5.60 Å². The van der Waals surface area contributed by atoms with Gasteiger partial charge in [-0.3, -0.25) is 4.99 Å². The number of nitrogens with one attached hydrogen (secondary N) is 1. The van der Waals surface area contributed by atoms with E-state index in [-0.39, 0.29) is 0 Å². The lowest BCUT2D eigenvalue weighted by Crippen LogP contribution is -2.41. The number of guanidine groups is 1. The standard InChI is InChI=1S/C11H17N3O/c1-11(15,8-14-10(12)13-2)9-6-4-3-5-7-9/h3-7,15H,8H2,1-2H3,(H3,12,13,14). The summed E-state index contributed by atoms with van der Waals surface area (Å²) in [5.74, 6) is 0.325. The van der Waals surface area contributed by atoms with E-state index >= 15 is 0 Å². The third-order valence-corrected chi connectivity index (χ3v) is 2.25. The summed E-state index contributed by atoms with van der Waals surface area (Å²) in [5, 5.41) is 13.0. The smallest absolute Gasteiger partial charge is 0.188 e. The van der Waals surface area contributed by atoms with Crippen molar-refractivity contribution in [2.24, 2.45) is 10.7 Å². The van der Waals surface area contributed by atoms with E-state index in [1.807, 2.05) is 30.3 Å². The summed E-state index contributed by atoms with van der Waals surface area (Å²) in [4.78, 5) is 3.76. The summed E-state index contributed by atoms with van der Waals surface area (Å²) in [6.07, 6.45) is 0. The van der Waals surface area contributed by atoms with Crippen molar-refractivity contribution in [2.75, 3.05) is 13.6 Å². The van der Waals surface area contributed by atoms with E-state index < -0.39 is 5.60 Å². The number of nitrogens with two attached hydrogens (primary N) is 1. The minimum Gasteiger partial charge on any atom is -0.384 e. The Hall–Kier alpha value is -1.55. The molecule has 1 aromatic carbocycles. The number of aliphatic hydroxyl groups is 1. The average Bonchev–Trinajstić information content (AvgIpc) is 2.27. The largest absolute Gasteiger partial charge is 0.384 e. The molecule has 0 bridgehead atoms. The second kappa shape index (κ2) is 4.79. The highest BCUT2D eigenvalue weighted by Gasteiger charge is 2.22. The van der Waals surface area contributed by atoms with Crippen LogP contribution in [0.1, 0.15) is 12.5 Å². The summed E-state index contributed by atoms with van der Waals surface area (Å²) in [6.45, 7) is 2.07. The zero-order valence-electron chi connectivity index (χ0n) is 9.07. The Labute approximate surface area is 89.8 Å². The first-order chi connectivity index (χ1) is 7.06. The van der Waals surface area contributed by atoms with Crippen LogP contribution >= 0.6 is 0 Å². The van der Waals surface area contributed by atoms with Gasteiger partial charge in [-0.15, -0.1) is 0 Å². The first kappa shape index (κ1) is 11.5. The van der Waals surface area contributed by atoms with Crippen LogP contribution in [0.3, 0.4) is 0 Å². The van der Waals surface area contributed by atoms with Gasteiger partial charge in [-0.1, -0.05) is 30.3 Å². The summed E-state index contributed by atoms with van der Waals surface area (Å²) >= 11 is 0. The Morgan fingerprint density at radius 3 is 2.60 bits per heavy atom. The SMILES string of the molecule is CN=C(N)NCC(C)(O)c1ccccc1. The van der Waals surface area contributed by atoms with E-state index in [1.165, 1.54) is 0 Å². The van der Waals surface area contributed by atoms with E-state index in [9.17, 15) is 5.11 Å². The molecule has 0 fully saturated rings. The molecule has 1 aromatic rings. The molecule has 1 atom stereocenters. The zero-order chi connectivity index (χ0) is 11.3. The van der Waals surface area contributed by atoms with Crippen molar-refractivity contribution in [1.29, 1.82) is 0 Å². The molecule has 4 N–H and O–H groups in total. The first-order valence-electron chi connectivity index (χ1n) is 4.80. The molecule has 4 nitrogen and oxygen atoms in total. The lowest BCUT2D eigenvalue weighted by Gasteiger charge is -2.24. The topological polar surface area (TPSA) is 70.6 Å². The van der Waals surface area contributed by atoms with Crippen molar-refractivity contribution >= 4 is 5.96 Å². The predicted molar refractivity (Wildman–Crippen MR) is 61.6 cm³/mol. The van der Waals surface area contributed by atoms with E-state index in [2.05, 4.69) is 10.3 Å². The van der Waals surface area contributed by atoms with Gasteiger partial charge in [0, 0.05) is 7.05 Å². The fourth-order valence-electron chi connectivity index (χ4n) is 1.24. The molecule has 0 amide bonds. The minimum atomic E-state index is -0.948. The molecule has 1 rings (SSSR count). The quantitative estimate of drug-likeness (QED) is 0.497. The second-order valence-electron chi connectivity index (χ2n) is 3.60. The van der Waals surface area contributed by atoms with Crippen LogP contribution in [0.5, 0.6) is 0 Å². The van der Waals surface area contributed by atoms with Gasteiger partial charge in [-0.05, 0) is 12.5 Å². The molecule has 4 heteroatoms. The Bertz CT molecular complexity index is 333. The van der Waals surface area contributed by atoms with Crippen molar-refractivity contribution in [3.05, 3.63) is 35.9 Å². The van der Waals surface area contributed by atoms with Gasteiger partial charge in [0.25, 0.3) is 0 Å². The molecule has 0 aliphatic rings. The van der Waals surface area contributed by atoms with Crippen molar-refractivity contribution in [3.8, 4) is 0 Å². The van der Waals surface area contributed by atoms with Gasteiger partial charge in [0.15, 0.2) is 5.96 Å². The third kappa shape index (κ3) is 3.25. The predicted octanol–water partition coefficient (Wildman–Crippen LogP) is 0.428. The Kier molecular flexibility index (Phi) is 3.68. The van der Waals surface area contributed by atoms with Crippen LogP contribution in [-0.4, -0.2) is 24.7 Å². The molecule has 82 valence electrons. The summed E-state index contributed by atoms with van der Waals surface area (Å²) in [6, 6.07) is 9.44. The summed E-state index contributed by atoms with van der Waals surface area (Å²) < 4.78 is 0. The van der Waals surface area contributed by atoms with Crippen LogP contribution in [0.2, 0.25) is 0 Å². The zero-order valence-corrected chi connectivity index (χ0v) is 9.07. The Morgan fingerprint density at radius 2 is 2.07 bits per heavy atom. The first-order valence-corrected chi connectivity index (χ1v) is 4.80. The van der Waals surface area contributed by atoms with E-state index in [0.717, 1.165) is 5.56 Å². The molecular formula is C11H17N3O. The lowest BCUT2D eigenvalue weighted by atomic mass is 9.96. The van der Waals surface area contributed by atoms with Crippen molar-refractivity contribution in [2.45, 2.75) is 12.5 Å². The third-order valence-electron chi connectivity index (χ3n) is 2.25. The minimum absolute atomic E-state index is 0.325. The number of nitrogens with zero attached hydrogens (tertiary/aromatic N) is 1. The molecule has 0 saturated carbocycles. The molecule has 1 unspecified atom stereocenters. The Balaban J connectivity index is 2.68.